The molecule has 0 radical (unpaired) electrons. The first-order valence-corrected chi connectivity index (χ1v) is 24.5. The zero-order chi connectivity index (χ0) is 48.4. The van der Waals surface area contributed by atoms with Crippen LogP contribution in [0, 0.1) is 22.7 Å². The van der Waals surface area contributed by atoms with Crippen LogP contribution in [0.25, 0.3) is 121 Å². The highest BCUT2D eigenvalue weighted by Crippen LogP contribution is 2.50. The molecule has 0 aliphatic rings. The maximum Gasteiger partial charge on any atom is 0.104 e. The van der Waals surface area contributed by atoms with Gasteiger partial charge in [0, 0.05) is 54.3 Å². The molecule has 6 heteroatoms. The van der Waals surface area contributed by atoms with Crippen molar-refractivity contribution in [1.82, 2.24) is 18.3 Å². The molecular weight excluding hydrogens is 877 g/mol. The number of benzene rings is 10. The molecule has 0 bridgehead atoms. The summed E-state index contributed by atoms with van der Waals surface area (Å²) in [6.07, 6.45) is 0. The van der Waals surface area contributed by atoms with Crippen LogP contribution in [0.4, 0.5) is 0 Å². The van der Waals surface area contributed by atoms with E-state index in [0.29, 0.717) is 28.2 Å². The van der Waals surface area contributed by atoms with E-state index in [-0.39, 0.29) is 5.41 Å². The van der Waals surface area contributed by atoms with Crippen molar-refractivity contribution in [1.29, 1.82) is 10.5 Å². The van der Waals surface area contributed by atoms with Crippen LogP contribution in [0.5, 0.6) is 0 Å². The minimum absolute atomic E-state index is 0.114. The van der Waals surface area contributed by atoms with E-state index in [1.807, 2.05) is 0 Å². The van der Waals surface area contributed by atoms with Gasteiger partial charge in [0.05, 0.1) is 61.2 Å². The zero-order valence-electron chi connectivity index (χ0n) is 39.9. The van der Waals surface area contributed by atoms with Gasteiger partial charge in [-0.15, -0.1) is 0 Å². The molecule has 338 valence electrons. The van der Waals surface area contributed by atoms with Crippen LogP contribution in [-0.4, -0.2) is 18.3 Å². The van der Waals surface area contributed by atoms with Crippen molar-refractivity contribution < 1.29 is 0 Å². The number of nitriles is 2. The molecule has 0 atom stereocenters. The molecule has 0 N–H and O–H groups in total. The van der Waals surface area contributed by atoms with Gasteiger partial charge in [-0.3, -0.25) is 0 Å². The molecule has 0 amide bonds. The molecule has 14 rings (SSSR count). The standard InChI is InChI=1S/C66H44N6/c1-66(2,3)42-35-33-41(34-36-42)60-64(70-54-28-14-7-21-44(54)45-22-8-15-29-55(45)70)51(39-67)62(52(40-68)65(60)71-56-30-16-9-23-46(56)47-24-10-17-31-57(47)71)72-58-32-18-12-26-50(58)61-59(72)38-37-49-48-25-11-13-27-53(48)69(63(49)61)43-19-5-4-6-20-43/h4-38H,1-3H3. The summed E-state index contributed by atoms with van der Waals surface area (Å²) < 4.78 is 9.17. The number of hydrogen-bond acceptors (Lipinski definition) is 2. The quantitative estimate of drug-likeness (QED) is 0.173. The van der Waals surface area contributed by atoms with Crippen molar-refractivity contribution in [3.63, 3.8) is 0 Å². The van der Waals surface area contributed by atoms with Crippen molar-refractivity contribution in [2.75, 3.05) is 0 Å². The summed E-state index contributed by atoms with van der Waals surface area (Å²) in [5.74, 6) is 0. The summed E-state index contributed by atoms with van der Waals surface area (Å²) in [7, 11) is 0. The van der Waals surface area contributed by atoms with Gasteiger partial charge in [0.15, 0.2) is 0 Å². The molecule has 72 heavy (non-hydrogen) atoms. The fourth-order valence-corrected chi connectivity index (χ4v) is 11.9. The van der Waals surface area contributed by atoms with Crippen molar-refractivity contribution in [3.05, 3.63) is 229 Å². The van der Waals surface area contributed by atoms with Crippen LogP contribution in [0.15, 0.2) is 212 Å². The average molecular weight is 921 g/mol. The predicted molar refractivity (Wildman–Crippen MR) is 297 cm³/mol. The van der Waals surface area contributed by atoms with Crippen LogP contribution < -0.4 is 0 Å². The normalized spacial score (nSPS) is 12.1. The fraction of sp³-hybridized carbons (Fsp3) is 0.0606. The van der Waals surface area contributed by atoms with E-state index in [0.717, 1.165) is 104 Å². The first-order valence-electron chi connectivity index (χ1n) is 24.5. The zero-order valence-corrected chi connectivity index (χ0v) is 39.9. The van der Waals surface area contributed by atoms with E-state index < -0.39 is 0 Å². The molecule has 0 fully saturated rings. The Labute approximate surface area is 415 Å². The second kappa shape index (κ2) is 15.4. The molecule has 0 spiro atoms. The second-order valence-electron chi connectivity index (χ2n) is 19.9. The molecule has 6 nitrogen and oxygen atoms in total. The van der Waals surface area contributed by atoms with E-state index in [4.69, 9.17) is 0 Å². The van der Waals surface area contributed by atoms with Crippen LogP contribution >= 0.6 is 0 Å². The van der Waals surface area contributed by atoms with Gasteiger partial charge in [0.25, 0.3) is 0 Å². The smallest absolute Gasteiger partial charge is 0.104 e. The van der Waals surface area contributed by atoms with Gasteiger partial charge in [-0.1, -0.05) is 178 Å². The first-order chi connectivity index (χ1) is 35.4. The Kier molecular flexibility index (Phi) is 8.87. The minimum Gasteiger partial charge on any atom is -0.309 e. The summed E-state index contributed by atoms with van der Waals surface area (Å²) >= 11 is 0. The Bertz CT molecular complexity index is 4410. The third kappa shape index (κ3) is 5.69. The Morgan fingerprint density at radius 1 is 0.333 bits per heavy atom. The lowest BCUT2D eigenvalue weighted by Gasteiger charge is -2.26. The van der Waals surface area contributed by atoms with Gasteiger partial charge in [0.1, 0.15) is 23.3 Å². The highest BCUT2D eigenvalue weighted by atomic mass is 15.1. The van der Waals surface area contributed by atoms with Crippen molar-refractivity contribution in [2.24, 2.45) is 0 Å². The van der Waals surface area contributed by atoms with Gasteiger partial charge in [-0.25, -0.2) is 0 Å². The van der Waals surface area contributed by atoms with Crippen LogP contribution in [0.1, 0.15) is 37.5 Å². The van der Waals surface area contributed by atoms with Gasteiger partial charge >= 0.3 is 0 Å². The van der Waals surface area contributed by atoms with E-state index >= 15 is 0 Å². The Morgan fingerprint density at radius 3 is 1.15 bits per heavy atom. The first kappa shape index (κ1) is 41.4. The summed E-state index contributed by atoms with van der Waals surface area (Å²) in [6.45, 7) is 6.68. The van der Waals surface area contributed by atoms with E-state index in [1.165, 1.54) is 5.56 Å². The van der Waals surface area contributed by atoms with Crippen molar-refractivity contribution in [2.45, 2.75) is 26.2 Å². The number of para-hydroxylation sites is 7. The van der Waals surface area contributed by atoms with Crippen LogP contribution in [0.2, 0.25) is 0 Å². The molecule has 4 heterocycles. The lowest BCUT2D eigenvalue weighted by atomic mass is 9.85. The fourth-order valence-electron chi connectivity index (χ4n) is 11.9. The molecule has 14 aromatic rings. The lowest BCUT2D eigenvalue weighted by molar-refractivity contribution is 0.590. The predicted octanol–water partition coefficient (Wildman–Crippen LogP) is 16.8. The molecule has 10 aromatic carbocycles. The van der Waals surface area contributed by atoms with Gasteiger partial charge in [-0.2, -0.15) is 10.5 Å². The maximum absolute atomic E-state index is 12.4. The molecule has 0 saturated carbocycles. The highest BCUT2D eigenvalue weighted by Gasteiger charge is 2.34. The van der Waals surface area contributed by atoms with Crippen molar-refractivity contribution in [3.8, 4) is 46.0 Å². The second-order valence-corrected chi connectivity index (χ2v) is 19.9. The van der Waals surface area contributed by atoms with E-state index in [1.54, 1.807) is 0 Å². The summed E-state index contributed by atoms with van der Waals surface area (Å²) in [6, 6.07) is 80.4. The highest BCUT2D eigenvalue weighted by molar-refractivity contribution is 6.26. The molecular formula is C66H44N6. The van der Waals surface area contributed by atoms with Gasteiger partial charge in [-0.05, 0) is 71.1 Å². The topological polar surface area (TPSA) is 67.3 Å². The number of nitrogens with zero attached hydrogens (tertiary/aromatic N) is 6. The third-order valence-electron chi connectivity index (χ3n) is 15.0. The molecule has 0 aliphatic heterocycles. The van der Waals surface area contributed by atoms with Gasteiger partial charge < -0.3 is 18.3 Å². The van der Waals surface area contributed by atoms with E-state index in [9.17, 15) is 10.5 Å². The monoisotopic (exact) mass is 920 g/mol. The Morgan fingerprint density at radius 2 is 0.708 bits per heavy atom. The molecule has 0 unspecified atom stereocenters. The number of aromatic nitrogens is 4. The molecule has 0 saturated heterocycles. The molecule has 4 aromatic heterocycles. The number of hydrogen-bond donors (Lipinski definition) is 0. The SMILES string of the molecule is CC(C)(C)c1ccc(-c2c(-n3c4ccccc4c4ccccc43)c(C#N)c(-n3c4ccccc4c4c3ccc3c5ccccc5n(-c5ccccc5)c34)c(C#N)c2-n2c3ccccc3c3ccccc32)cc1. The van der Waals surface area contributed by atoms with Crippen LogP contribution in [0.3, 0.4) is 0 Å². The van der Waals surface area contributed by atoms with E-state index in [2.05, 4.69) is 264 Å². The summed E-state index contributed by atoms with van der Waals surface area (Å²) in [5, 5.41) is 33.3. The lowest BCUT2D eigenvalue weighted by Crippen LogP contribution is -2.14. The largest absolute Gasteiger partial charge is 0.309 e. The minimum atomic E-state index is -0.114. The average Bonchev–Trinajstić information content (AvgIpc) is 4.15. The summed E-state index contributed by atoms with van der Waals surface area (Å²) in [5.41, 5.74) is 14.3. The maximum atomic E-state index is 12.4. The number of fused-ring (bicyclic) bond motifs is 13. The molecule has 0 aliphatic carbocycles. The Balaban J connectivity index is 1.27. The van der Waals surface area contributed by atoms with Crippen molar-refractivity contribution >= 4 is 87.2 Å². The van der Waals surface area contributed by atoms with Crippen LogP contribution in [-0.2, 0) is 5.41 Å². The number of rotatable bonds is 5. The third-order valence-corrected chi connectivity index (χ3v) is 15.0. The Hall–Kier alpha value is -9.62. The van der Waals surface area contributed by atoms with Gasteiger partial charge in [0.2, 0.25) is 0 Å². The summed E-state index contributed by atoms with van der Waals surface area (Å²) in [4.78, 5) is 0.